The summed E-state index contributed by atoms with van der Waals surface area (Å²) in [5.74, 6) is -3.95. The molecule has 0 saturated heterocycles. The van der Waals surface area contributed by atoms with Crippen LogP contribution in [0.3, 0.4) is 0 Å². The maximum Gasteiger partial charge on any atom is 0.303 e. The van der Waals surface area contributed by atoms with E-state index in [1.165, 1.54) is 18.2 Å². The van der Waals surface area contributed by atoms with Crippen molar-refractivity contribution in [1.29, 1.82) is 0 Å². The second-order valence-electron chi connectivity index (χ2n) is 10.6. The fourth-order valence-electron chi connectivity index (χ4n) is 7.30. The standard InChI is InChI=1S/C25H31FO8/c1-13(27)33-12-20(31)25(32)19(30)10-18-17-6-5-15-9-16(29)7-8-22(15,3)24(17,26)21(34-14(2)28)11-23(18,25)4/h7-9,17-19,21,30,32H,5-6,10-12H2,1-4H3/t17-,18-,19-,21+,22+,23-,24-,25-/m1/s1. The van der Waals surface area contributed by atoms with Crippen molar-refractivity contribution in [2.75, 3.05) is 6.61 Å². The van der Waals surface area contributed by atoms with Crippen LogP contribution in [0, 0.1) is 22.7 Å². The Bertz CT molecular complexity index is 1020. The monoisotopic (exact) mass is 478 g/mol. The number of ether oxygens (including phenoxy) is 2. The van der Waals surface area contributed by atoms with Crippen molar-refractivity contribution in [3.8, 4) is 0 Å². The number of hydrogen-bond donors (Lipinski definition) is 2. The van der Waals surface area contributed by atoms with Gasteiger partial charge in [-0.25, -0.2) is 4.39 Å². The van der Waals surface area contributed by atoms with Gasteiger partial charge in [-0.1, -0.05) is 18.6 Å². The molecule has 4 aliphatic carbocycles. The molecule has 0 aromatic carbocycles. The number of carbonyl (C=O) groups is 4. The Labute approximate surface area is 197 Å². The van der Waals surface area contributed by atoms with Crippen LogP contribution < -0.4 is 0 Å². The molecular formula is C25H31FO8. The Morgan fingerprint density at radius 1 is 1.18 bits per heavy atom. The van der Waals surface area contributed by atoms with Gasteiger partial charge >= 0.3 is 11.9 Å². The van der Waals surface area contributed by atoms with Crippen LogP contribution in [0.2, 0.25) is 0 Å². The number of aliphatic hydroxyl groups excluding tert-OH is 1. The summed E-state index contributed by atoms with van der Waals surface area (Å²) in [6.07, 6.45) is 1.84. The van der Waals surface area contributed by atoms with Crippen molar-refractivity contribution in [1.82, 2.24) is 0 Å². The van der Waals surface area contributed by atoms with Crippen molar-refractivity contribution < 1.29 is 43.3 Å². The molecule has 3 fully saturated rings. The second kappa shape index (κ2) is 7.81. The van der Waals surface area contributed by atoms with Gasteiger partial charge in [0, 0.05) is 30.6 Å². The van der Waals surface area contributed by atoms with Crippen LogP contribution in [0.15, 0.2) is 23.8 Å². The number of allylic oxidation sites excluding steroid dienone is 4. The third-order valence-corrected chi connectivity index (χ3v) is 8.98. The molecule has 3 saturated carbocycles. The van der Waals surface area contributed by atoms with Crippen LogP contribution in [0.5, 0.6) is 0 Å². The van der Waals surface area contributed by atoms with Gasteiger partial charge in [-0.05, 0) is 50.7 Å². The van der Waals surface area contributed by atoms with E-state index in [9.17, 15) is 29.4 Å². The van der Waals surface area contributed by atoms with Crippen LogP contribution >= 0.6 is 0 Å². The molecule has 8 nitrogen and oxygen atoms in total. The van der Waals surface area contributed by atoms with Crippen LogP contribution in [-0.2, 0) is 28.7 Å². The van der Waals surface area contributed by atoms with Crippen LogP contribution in [0.25, 0.3) is 0 Å². The van der Waals surface area contributed by atoms with Crippen molar-refractivity contribution in [3.05, 3.63) is 23.8 Å². The molecule has 0 aromatic heterocycles. The summed E-state index contributed by atoms with van der Waals surface area (Å²) >= 11 is 0. The zero-order valence-corrected chi connectivity index (χ0v) is 19.8. The van der Waals surface area contributed by atoms with E-state index < -0.39 is 70.5 Å². The van der Waals surface area contributed by atoms with E-state index in [-0.39, 0.29) is 25.0 Å². The highest BCUT2D eigenvalue weighted by molar-refractivity contribution is 6.01. The average molecular weight is 479 g/mol. The minimum absolute atomic E-state index is 0.0420. The number of alkyl halides is 1. The van der Waals surface area contributed by atoms with Crippen LogP contribution in [0.1, 0.15) is 53.4 Å². The van der Waals surface area contributed by atoms with Gasteiger partial charge in [-0.15, -0.1) is 0 Å². The predicted molar refractivity (Wildman–Crippen MR) is 116 cm³/mol. The normalized spacial score (nSPS) is 44.9. The first kappa shape index (κ1) is 24.7. The van der Waals surface area contributed by atoms with Gasteiger partial charge in [0.25, 0.3) is 0 Å². The van der Waals surface area contributed by atoms with Gasteiger partial charge in [0.15, 0.2) is 23.7 Å². The SMILES string of the molecule is CC(=O)OCC(=O)[C@]1(O)[C@H](O)C[C@@H]2[C@H]3CCC4=CC(=O)C=C[C@]4(C)[C@]3(F)[C@@H](OC(C)=O)C[C@]21C. The predicted octanol–water partition coefficient (Wildman–Crippen LogP) is 1.76. The van der Waals surface area contributed by atoms with Crippen molar-refractivity contribution in [3.63, 3.8) is 0 Å². The molecule has 0 radical (unpaired) electrons. The highest BCUT2D eigenvalue weighted by Crippen LogP contribution is 2.70. The van der Waals surface area contributed by atoms with Crippen molar-refractivity contribution >= 4 is 23.5 Å². The maximum absolute atomic E-state index is 17.5. The van der Waals surface area contributed by atoms with E-state index in [1.807, 2.05) is 0 Å². The Balaban J connectivity index is 1.83. The molecule has 0 heterocycles. The van der Waals surface area contributed by atoms with Crippen molar-refractivity contribution in [2.45, 2.75) is 76.9 Å². The number of fused-ring (bicyclic) bond motifs is 5. The molecule has 0 aromatic rings. The Morgan fingerprint density at radius 3 is 2.47 bits per heavy atom. The number of halogens is 1. The minimum Gasteiger partial charge on any atom is -0.459 e. The fourth-order valence-corrected chi connectivity index (χ4v) is 7.30. The fraction of sp³-hybridized carbons (Fsp3) is 0.680. The number of ketones is 2. The van der Waals surface area contributed by atoms with Gasteiger partial charge in [0.2, 0.25) is 5.78 Å². The first-order valence-electron chi connectivity index (χ1n) is 11.6. The summed E-state index contributed by atoms with van der Waals surface area (Å²) < 4.78 is 27.9. The molecule has 34 heavy (non-hydrogen) atoms. The zero-order valence-electron chi connectivity index (χ0n) is 19.8. The van der Waals surface area contributed by atoms with Gasteiger partial charge in [0.1, 0.15) is 6.10 Å². The molecule has 2 N–H and O–H groups in total. The van der Waals surface area contributed by atoms with Gasteiger partial charge in [0.05, 0.1) is 6.10 Å². The summed E-state index contributed by atoms with van der Waals surface area (Å²) in [6.45, 7) is 4.83. The summed E-state index contributed by atoms with van der Waals surface area (Å²) in [4.78, 5) is 48.4. The van der Waals surface area contributed by atoms with E-state index in [1.54, 1.807) is 13.8 Å². The average Bonchev–Trinajstić information content (AvgIpc) is 2.94. The molecule has 0 aliphatic heterocycles. The lowest BCUT2D eigenvalue weighted by Crippen LogP contribution is -2.70. The highest BCUT2D eigenvalue weighted by atomic mass is 19.1. The van der Waals surface area contributed by atoms with Gasteiger partial charge in [-0.3, -0.25) is 19.2 Å². The van der Waals surface area contributed by atoms with Crippen LogP contribution in [0.4, 0.5) is 4.39 Å². The molecule has 186 valence electrons. The van der Waals surface area contributed by atoms with Gasteiger partial charge < -0.3 is 19.7 Å². The summed E-state index contributed by atoms with van der Waals surface area (Å²) in [5, 5.41) is 22.6. The lowest BCUT2D eigenvalue weighted by atomic mass is 9.44. The highest BCUT2D eigenvalue weighted by Gasteiger charge is 2.77. The molecular weight excluding hydrogens is 447 g/mol. The summed E-state index contributed by atoms with van der Waals surface area (Å²) in [5.41, 5.74) is -6.43. The molecule has 0 spiro atoms. The number of hydrogen-bond acceptors (Lipinski definition) is 8. The largest absolute Gasteiger partial charge is 0.459 e. The van der Waals surface area contributed by atoms with E-state index >= 15 is 4.39 Å². The van der Waals surface area contributed by atoms with Crippen LogP contribution in [-0.4, -0.2) is 63.8 Å². The molecule has 8 atom stereocenters. The second-order valence-corrected chi connectivity index (χ2v) is 10.6. The first-order chi connectivity index (χ1) is 15.7. The van der Waals surface area contributed by atoms with E-state index in [2.05, 4.69) is 0 Å². The quantitative estimate of drug-likeness (QED) is 0.586. The summed E-state index contributed by atoms with van der Waals surface area (Å²) in [7, 11) is 0. The lowest BCUT2D eigenvalue weighted by molar-refractivity contribution is -0.231. The number of aliphatic hydroxyl groups is 2. The van der Waals surface area contributed by atoms with E-state index in [0.29, 0.717) is 12.0 Å². The minimum atomic E-state index is -2.32. The Morgan fingerprint density at radius 2 is 1.85 bits per heavy atom. The topological polar surface area (TPSA) is 127 Å². The third-order valence-electron chi connectivity index (χ3n) is 8.98. The smallest absolute Gasteiger partial charge is 0.303 e. The Hall–Kier alpha value is -2.39. The summed E-state index contributed by atoms with van der Waals surface area (Å²) in [6, 6.07) is 0. The number of rotatable bonds is 4. The molecule has 4 rings (SSSR count). The number of carbonyl (C=O) groups excluding carboxylic acids is 4. The lowest BCUT2D eigenvalue weighted by Gasteiger charge is -2.62. The molecule has 0 amide bonds. The van der Waals surface area contributed by atoms with E-state index in [0.717, 1.165) is 13.8 Å². The number of esters is 2. The first-order valence-corrected chi connectivity index (χ1v) is 11.6. The zero-order chi connectivity index (χ0) is 25.3. The van der Waals surface area contributed by atoms with E-state index in [4.69, 9.17) is 9.47 Å². The molecule has 4 aliphatic rings. The number of Topliss-reactive ketones (excluding diaryl/α,β-unsaturated/α-hetero) is 1. The maximum atomic E-state index is 17.5. The van der Waals surface area contributed by atoms with Gasteiger partial charge in [-0.2, -0.15) is 0 Å². The Kier molecular flexibility index (Phi) is 5.68. The molecule has 9 heteroatoms. The molecule has 0 bridgehead atoms. The third kappa shape index (κ3) is 3.09. The molecule has 0 unspecified atom stereocenters. The van der Waals surface area contributed by atoms with Crippen molar-refractivity contribution in [2.24, 2.45) is 22.7 Å².